The number of sulfonamides is 1. The largest absolute Gasteiger partial charge is 0.240 e. The number of nitrogens with one attached hydrogen (secondary N) is 1. The van der Waals surface area contributed by atoms with Gasteiger partial charge in [-0.1, -0.05) is 31.0 Å². The minimum atomic E-state index is -3.33. The molecular weight excluding hydrogens is 266 g/mol. The monoisotopic (exact) mass is 285 g/mol. The molecule has 1 aromatic carbocycles. The minimum Gasteiger partial charge on any atom is -0.210 e. The third-order valence-electron chi connectivity index (χ3n) is 3.07. The normalized spacial score (nSPS) is 23.0. The van der Waals surface area contributed by atoms with Crippen LogP contribution in [0.5, 0.6) is 0 Å². The Bertz CT molecular complexity index is 496. The van der Waals surface area contributed by atoms with Crippen LogP contribution in [-0.4, -0.2) is 25.5 Å². The molecule has 2 rings (SSSR count). The van der Waals surface area contributed by atoms with Gasteiger partial charge in [-0.25, -0.2) is 13.1 Å². The van der Waals surface area contributed by atoms with Crippen molar-refractivity contribution in [2.45, 2.75) is 42.1 Å². The van der Waals surface area contributed by atoms with Crippen molar-refractivity contribution in [3.63, 3.8) is 0 Å². The van der Waals surface area contributed by atoms with Crippen molar-refractivity contribution in [1.82, 2.24) is 4.72 Å². The van der Waals surface area contributed by atoms with Crippen molar-refractivity contribution in [3.8, 4) is 0 Å². The lowest BCUT2D eigenvalue weighted by atomic mass is 10.2. The highest BCUT2D eigenvalue weighted by atomic mass is 32.2. The lowest BCUT2D eigenvalue weighted by Crippen LogP contribution is -2.28. The van der Waals surface area contributed by atoms with Crippen molar-refractivity contribution in [1.29, 1.82) is 0 Å². The zero-order chi connectivity index (χ0) is 13.2. The molecule has 18 heavy (non-hydrogen) atoms. The van der Waals surface area contributed by atoms with Gasteiger partial charge in [-0.2, -0.15) is 11.8 Å². The van der Waals surface area contributed by atoms with E-state index in [1.54, 1.807) is 12.1 Å². The Balaban J connectivity index is 1.90. The van der Waals surface area contributed by atoms with Gasteiger partial charge in [-0.05, 0) is 25.5 Å². The summed E-state index contributed by atoms with van der Waals surface area (Å²) in [4.78, 5) is 0.353. The van der Waals surface area contributed by atoms with Crippen molar-refractivity contribution in [2.24, 2.45) is 0 Å². The first-order valence-electron chi connectivity index (χ1n) is 6.24. The van der Waals surface area contributed by atoms with E-state index >= 15 is 0 Å². The van der Waals surface area contributed by atoms with E-state index in [2.05, 4.69) is 11.6 Å². The number of thioether (sulfide) groups is 1. The summed E-state index contributed by atoms with van der Waals surface area (Å²) in [6, 6.07) is 6.95. The Morgan fingerprint density at radius 1 is 1.22 bits per heavy atom. The van der Waals surface area contributed by atoms with Gasteiger partial charge in [0, 0.05) is 17.0 Å². The molecule has 0 spiro atoms. The molecule has 3 nitrogen and oxygen atoms in total. The van der Waals surface area contributed by atoms with E-state index in [0.29, 0.717) is 21.9 Å². The van der Waals surface area contributed by atoms with E-state index in [1.165, 1.54) is 12.8 Å². The molecule has 1 heterocycles. The topological polar surface area (TPSA) is 46.2 Å². The first kappa shape index (κ1) is 13.9. The van der Waals surface area contributed by atoms with E-state index in [-0.39, 0.29) is 0 Å². The summed E-state index contributed by atoms with van der Waals surface area (Å²) < 4.78 is 26.7. The smallest absolute Gasteiger partial charge is 0.210 e. The van der Waals surface area contributed by atoms with E-state index in [1.807, 2.05) is 30.8 Å². The predicted molar refractivity (Wildman–Crippen MR) is 76.4 cm³/mol. The van der Waals surface area contributed by atoms with Crippen LogP contribution in [0, 0.1) is 6.92 Å². The van der Waals surface area contributed by atoms with Crippen molar-refractivity contribution >= 4 is 21.8 Å². The van der Waals surface area contributed by atoms with Gasteiger partial charge in [0.1, 0.15) is 0 Å². The van der Waals surface area contributed by atoms with Gasteiger partial charge in [0.2, 0.25) is 10.0 Å². The molecule has 5 heteroatoms. The fraction of sp³-hybridized carbons (Fsp3) is 0.538. The Labute approximate surface area is 113 Å². The van der Waals surface area contributed by atoms with Crippen LogP contribution >= 0.6 is 11.8 Å². The molecule has 0 aliphatic carbocycles. The third kappa shape index (κ3) is 3.49. The second-order valence-electron chi connectivity index (χ2n) is 4.67. The molecule has 1 aliphatic heterocycles. The molecule has 0 saturated carbocycles. The average molecular weight is 285 g/mol. The van der Waals surface area contributed by atoms with Crippen LogP contribution in [0.15, 0.2) is 29.2 Å². The molecule has 100 valence electrons. The zero-order valence-electron chi connectivity index (χ0n) is 10.7. The van der Waals surface area contributed by atoms with Gasteiger partial charge in [-0.3, -0.25) is 0 Å². The quantitative estimate of drug-likeness (QED) is 0.817. The molecular formula is C13H19NO2S2. The number of aryl methyl sites for hydroxylation is 1. The molecule has 1 aliphatic rings. The Morgan fingerprint density at radius 3 is 2.50 bits per heavy atom. The second kappa shape index (κ2) is 5.63. The molecule has 1 N–H and O–H groups in total. The van der Waals surface area contributed by atoms with Gasteiger partial charge < -0.3 is 0 Å². The maximum absolute atomic E-state index is 12.0. The Kier molecular flexibility index (Phi) is 4.35. The molecule has 0 unspecified atom stereocenters. The molecule has 1 saturated heterocycles. The Hall–Kier alpha value is -0.520. The van der Waals surface area contributed by atoms with Crippen molar-refractivity contribution < 1.29 is 8.42 Å². The van der Waals surface area contributed by atoms with E-state index < -0.39 is 10.0 Å². The van der Waals surface area contributed by atoms with Gasteiger partial charge in [-0.15, -0.1) is 0 Å². The summed E-state index contributed by atoms with van der Waals surface area (Å²) in [5.74, 6) is 0. The molecule has 2 atom stereocenters. The van der Waals surface area contributed by atoms with Crippen LogP contribution in [-0.2, 0) is 10.0 Å². The molecule has 1 fully saturated rings. The van der Waals surface area contributed by atoms with Crippen LogP contribution in [0.25, 0.3) is 0 Å². The first-order chi connectivity index (χ1) is 8.53. The fourth-order valence-corrected chi connectivity index (χ4v) is 4.20. The van der Waals surface area contributed by atoms with Gasteiger partial charge in [0.05, 0.1) is 4.90 Å². The summed E-state index contributed by atoms with van der Waals surface area (Å²) in [6.45, 7) is 4.65. The molecule has 0 bridgehead atoms. The highest BCUT2D eigenvalue weighted by Gasteiger charge is 2.37. The zero-order valence-corrected chi connectivity index (χ0v) is 12.4. The average Bonchev–Trinajstić information content (AvgIpc) is 3.06. The fourth-order valence-electron chi connectivity index (χ4n) is 1.89. The van der Waals surface area contributed by atoms with Gasteiger partial charge in [0.15, 0.2) is 0 Å². The van der Waals surface area contributed by atoms with Crippen LogP contribution in [0.3, 0.4) is 0 Å². The SMILES string of the molecule is CCC[C@H]1S[C@@H]1CNS(=O)(=O)c1ccc(C)cc1. The Morgan fingerprint density at radius 2 is 1.89 bits per heavy atom. The van der Waals surface area contributed by atoms with Gasteiger partial charge >= 0.3 is 0 Å². The molecule has 0 radical (unpaired) electrons. The van der Waals surface area contributed by atoms with Crippen LogP contribution < -0.4 is 4.72 Å². The highest BCUT2D eigenvalue weighted by Crippen LogP contribution is 2.43. The van der Waals surface area contributed by atoms with Crippen LogP contribution in [0.2, 0.25) is 0 Å². The number of rotatable bonds is 6. The molecule has 1 aromatic rings. The summed E-state index contributed by atoms with van der Waals surface area (Å²) in [5, 5.41) is 1.11. The lowest BCUT2D eigenvalue weighted by Gasteiger charge is -2.06. The van der Waals surface area contributed by atoms with E-state index in [9.17, 15) is 8.42 Å². The van der Waals surface area contributed by atoms with Crippen molar-refractivity contribution in [3.05, 3.63) is 29.8 Å². The first-order valence-corrected chi connectivity index (χ1v) is 8.67. The minimum absolute atomic E-state index is 0.353. The van der Waals surface area contributed by atoms with Crippen LogP contribution in [0.4, 0.5) is 0 Å². The number of hydrogen-bond donors (Lipinski definition) is 1. The van der Waals surface area contributed by atoms with Gasteiger partial charge in [0.25, 0.3) is 0 Å². The maximum Gasteiger partial charge on any atom is 0.240 e. The third-order valence-corrected chi connectivity index (χ3v) is 5.95. The predicted octanol–water partition coefficient (Wildman–Crippen LogP) is 2.56. The summed E-state index contributed by atoms with van der Waals surface area (Å²) in [7, 11) is -3.33. The second-order valence-corrected chi connectivity index (χ2v) is 7.92. The van der Waals surface area contributed by atoms with E-state index in [4.69, 9.17) is 0 Å². The van der Waals surface area contributed by atoms with Crippen LogP contribution in [0.1, 0.15) is 25.3 Å². The molecule has 0 amide bonds. The van der Waals surface area contributed by atoms with Crippen molar-refractivity contribution in [2.75, 3.05) is 6.54 Å². The summed E-state index contributed by atoms with van der Waals surface area (Å²) in [6.07, 6.45) is 2.35. The van der Waals surface area contributed by atoms with E-state index in [0.717, 1.165) is 5.56 Å². The number of hydrogen-bond acceptors (Lipinski definition) is 3. The summed E-state index contributed by atoms with van der Waals surface area (Å²) >= 11 is 1.87. The maximum atomic E-state index is 12.0. The lowest BCUT2D eigenvalue weighted by molar-refractivity contribution is 0.580. The molecule has 0 aromatic heterocycles. The highest BCUT2D eigenvalue weighted by molar-refractivity contribution is 8.07. The standard InChI is InChI=1S/C13H19NO2S2/c1-3-4-12-13(17-12)9-14-18(15,16)11-7-5-10(2)6-8-11/h5-8,12-14H,3-4,9H2,1-2H3/t12-,13-/m1/s1. The number of benzene rings is 1. The summed E-state index contributed by atoms with van der Waals surface area (Å²) in [5.41, 5.74) is 1.06.